The van der Waals surface area contributed by atoms with Crippen molar-refractivity contribution in [1.82, 2.24) is 14.5 Å². The van der Waals surface area contributed by atoms with Crippen LogP contribution in [0.2, 0.25) is 0 Å². The summed E-state index contributed by atoms with van der Waals surface area (Å²) in [5.41, 5.74) is 0.0358. The van der Waals surface area contributed by atoms with Crippen molar-refractivity contribution in [2.24, 2.45) is 5.92 Å². The van der Waals surface area contributed by atoms with Gasteiger partial charge in [-0.3, -0.25) is 14.3 Å². The number of aliphatic hydroxyl groups excluding tert-OH is 1. The minimum Gasteiger partial charge on any atom is -0.391 e. The second-order valence-corrected chi connectivity index (χ2v) is 6.12. The van der Waals surface area contributed by atoms with E-state index < -0.39 is 0 Å². The summed E-state index contributed by atoms with van der Waals surface area (Å²) < 4.78 is 1.71. The number of aromatic nitrogens is 2. The molecule has 1 aliphatic heterocycles. The van der Waals surface area contributed by atoms with Crippen LogP contribution >= 0.6 is 0 Å². The van der Waals surface area contributed by atoms with Gasteiger partial charge in [-0.05, 0) is 51.1 Å². The van der Waals surface area contributed by atoms with Crippen molar-refractivity contribution in [2.45, 2.75) is 50.8 Å². The van der Waals surface area contributed by atoms with E-state index in [1.165, 1.54) is 6.07 Å². The minimum atomic E-state index is -0.132. The summed E-state index contributed by atoms with van der Waals surface area (Å²) in [6, 6.07) is 1.89. The molecular formula is C15H23N3O2. The van der Waals surface area contributed by atoms with Crippen LogP contribution in [0.4, 0.5) is 0 Å². The van der Waals surface area contributed by atoms with Gasteiger partial charge >= 0.3 is 0 Å². The van der Waals surface area contributed by atoms with E-state index in [1.807, 2.05) is 0 Å². The zero-order valence-electron chi connectivity index (χ0n) is 11.8. The smallest absolute Gasteiger partial charge is 0.253 e. The first-order valence-electron chi connectivity index (χ1n) is 7.66. The summed E-state index contributed by atoms with van der Waals surface area (Å²) >= 11 is 0. The predicted molar refractivity (Wildman–Crippen MR) is 76.4 cm³/mol. The Morgan fingerprint density at radius 3 is 2.70 bits per heavy atom. The lowest BCUT2D eigenvalue weighted by molar-refractivity contribution is 0.0460. The molecule has 5 nitrogen and oxygen atoms in total. The Hall–Kier alpha value is -1.20. The number of nitrogens with zero attached hydrogens (tertiary/aromatic N) is 3. The Balaban J connectivity index is 1.54. The summed E-state index contributed by atoms with van der Waals surface area (Å²) in [5, 5.41) is 9.98. The maximum Gasteiger partial charge on any atom is 0.253 e. The largest absolute Gasteiger partial charge is 0.391 e. The molecular weight excluding hydrogens is 254 g/mol. The van der Waals surface area contributed by atoms with E-state index in [2.05, 4.69) is 9.88 Å². The van der Waals surface area contributed by atoms with Crippen molar-refractivity contribution < 1.29 is 5.11 Å². The van der Waals surface area contributed by atoms with Gasteiger partial charge in [-0.25, -0.2) is 4.98 Å². The molecule has 1 saturated carbocycles. The van der Waals surface area contributed by atoms with Gasteiger partial charge in [-0.1, -0.05) is 0 Å². The number of hydrogen-bond acceptors (Lipinski definition) is 4. The molecule has 2 heterocycles. The third kappa shape index (κ3) is 2.94. The molecule has 1 saturated heterocycles. The Bertz CT molecular complexity index is 494. The van der Waals surface area contributed by atoms with E-state index in [0.717, 1.165) is 51.7 Å². The molecule has 2 unspecified atom stereocenters. The van der Waals surface area contributed by atoms with E-state index in [4.69, 9.17) is 0 Å². The number of likely N-dealkylation sites (tertiary alicyclic amines) is 1. The molecule has 0 aromatic carbocycles. The van der Waals surface area contributed by atoms with Crippen LogP contribution in [0.3, 0.4) is 0 Å². The van der Waals surface area contributed by atoms with Crippen LogP contribution in [0.1, 0.15) is 32.1 Å². The Morgan fingerprint density at radius 2 is 2.05 bits per heavy atom. The van der Waals surface area contributed by atoms with Gasteiger partial charge in [-0.2, -0.15) is 0 Å². The van der Waals surface area contributed by atoms with E-state index in [0.29, 0.717) is 12.0 Å². The molecule has 2 aliphatic rings. The van der Waals surface area contributed by atoms with Gasteiger partial charge in [0.2, 0.25) is 0 Å². The lowest BCUT2D eigenvalue weighted by Gasteiger charge is -2.37. The van der Waals surface area contributed by atoms with Gasteiger partial charge in [0.25, 0.3) is 5.56 Å². The summed E-state index contributed by atoms with van der Waals surface area (Å²) in [5.74, 6) is 0.548. The van der Waals surface area contributed by atoms with Crippen molar-refractivity contribution in [3.8, 4) is 0 Å². The molecule has 2 fully saturated rings. The van der Waals surface area contributed by atoms with Crippen LogP contribution < -0.4 is 5.56 Å². The van der Waals surface area contributed by atoms with Crippen molar-refractivity contribution in [2.75, 3.05) is 13.1 Å². The van der Waals surface area contributed by atoms with E-state index in [9.17, 15) is 9.90 Å². The highest BCUT2D eigenvalue weighted by atomic mass is 16.3. The molecule has 0 amide bonds. The average Bonchev–Trinajstić information content (AvgIpc) is 2.89. The molecule has 5 heteroatoms. The van der Waals surface area contributed by atoms with Crippen LogP contribution in [-0.4, -0.2) is 44.8 Å². The molecule has 0 bridgehead atoms. The topological polar surface area (TPSA) is 58.4 Å². The van der Waals surface area contributed by atoms with Gasteiger partial charge in [0.15, 0.2) is 0 Å². The molecule has 3 rings (SSSR count). The number of hydrogen-bond donors (Lipinski definition) is 1. The molecule has 1 N–H and O–H groups in total. The predicted octanol–water partition coefficient (Wildman–Crippen LogP) is 0.869. The van der Waals surface area contributed by atoms with Gasteiger partial charge in [0.05, 0.1) is 12.4 Å². The lowest BCUT2D eigenvalue weighted by atomic mass is 9.95. The average molecular weight is 277 g/mol. The molecule has 20 heavy (non-hydrogen) atoms. The molecule has 1 aliphatic carbocycles. The molecule has 1 aromatic heterocycles. The second-order valence-electron chi connectivity index (χ2n) is 6.12. The van der Waals surface area contributed by atoms with E-state index in [1.54, 1.807) is 17.1 Å². The molecule has 0 spiro atoms. The second kappa shape index (κ2) is 6.06. The fourth-order valence-electron chi connectivity index (χ4n) is 3.61. The Morgan fingerprint density at radius 1 is 1.25 bits per heavy atom. The molecule has 0 radical (unpaired) electrons. The molecule has 110 valence electrons. The van der Waals surface area contributed by atoms with Crippen LogP contribution in [0.25, 0.3) is 0 Å². The van der Waals surface area contributed by atoms with Crippen molar-refractivity contribution in [1.29, 1.82) is 0 Å². The fraction of sp³-hybridized carbons (Fsp3) is 0.733. The van der Waals surface area contributed by atoms with Gasteiger partial charge < -0.3 is 5.11 Å². The highest BCUT2D eigenvalue weighted by Gasteiger charge is 2.32. The Labute approximate surface area is 119 Å². The van der Waals surface area contributed by atoms with Gasteiger partial charge in [0, 0.05) is 24.8 Å². The minimum absolute atomic E-state index is 0.0358. The normalized spacial score (nSPS) is 28.9. The van der Waals surface area contributed by atoms with Crippen molar-refractivity contribution in [3.05, 3.63) is 28.9 Å². The van der Waals surface area contributed by atoms with Crippen LogP contribution in [0.5, 0.6) is 0 Å². The maximum absolute atomic E-state index is 11.7. The monoisotopic (exact) mass is 277 g/mol. The number of rotatable bonds is 3. The van der Waals surface area contributed by atoms with Gasteiger partial charge in [0.1, 0.15) is 0 Å². The molecule has 2 atom stereocenters. The van der Waals surface area contributed by atoms with E-state index in [-0.39, 0.29) is 11.7 Å². The Kier molecular flexibility index (Phi) is 4.17. The highest BCUT2D eigenvalue weighted by Crippen LogP contribution is 2.28. The van der Waals surface area contributed by atoms with Crippen LogP contribution in [0, 0.1) is 5.92 Å². The van der Waals surface area contributed by atoms with Crippen molar-refractivity contribution >= 4 is 0 Å². The number of piperidine rings is 1. The zero-order chi connectivity index (χ0) is 13.9. The fourth-order valence-corrected chi connectivity index (χ4v) is 3.61. The van der Waals surface area contributed by atoms with Gasteiger partial charge in [-0.15, -0.1) is 0 Å². The maximum atomic E-state index is 11.7. The van der Waals surface area contributed by atoms with E-state index >= 15 is 0 Å². The summed E-state index contributed by atoms with van der Waals surface area (Å²) in [4.78, 5) is 18.2. The SMILES string of the molecule is O=c1ccncn1CC1CCN(C2CCCC2O)CC1. The third-order valence-electron chi connectivity index (χ3n) is 4.81. The highest BCUT2D eigenvalue weighted by molar-refractivity contribution is 4.88. The lowest BCUT2D eigenvalue weighted by Crippen LogP contribution is -2.45. The number of aliphatic hydroxyl groups is 1. The first-order valence-corrected chi connectivity index (χ1v) is 7.66. The summed E-state index contributed by atoms with van der Waals surface area (Å²) in [7, 11) is 0. The summed E-state index contributed by atoms with van der Waals surface area (Å²) in [6.45, 7) is 2.86. The zero-order valence-corrected chi connectivity index (χ0v) is 11.8. The third-order valence-corrected chi connectivity index (χ3v) is 4.81. The molecule has 1 aromatic rings. The van der Waals surface area contributed by atoms with Crippen LogP contribution in [-0.2, 0) is 6.54 Å². The van der Waals surface area contributed by atoms with Crippen LogP contribution in [0.15, 0.2) is 23.4 Å². The standard InChI is InChI=1S/C15H23N3O2/c19-14-3-1-2-13(14)17-8-5-12(6-9-17)10-18-11-16-7-4-15(18)20/h4,7,11-14,19H,1-3,5-6,8-10H2. The first-order chi connectivity index (χ1) is 9.74. The quantitative estimate of drug-likeness (QED) is 0.890. The van der Waals surface area contributed by atoms with Crippen molar-refractivity contribution in [3.63, 3.8) is 0 Å². The summed E-state index contributed by atoms with van der Waals surface area (Å²) in [6.07, 6.45) is 8.49. The first kappa shape index (κ1) is 13.8.